The van der Waals surface area contributed by atoms with Crippen LogP contribution in [0, 0.1) is 11.7 Å². The van der Waals surface area contributed by atoms with Gasteiger partial charge in [0.2, 0.25) is 0 Å². The summed E-state index contributed by atoms with van der Waals surface area (Å²) in [6, 6.07) is 6.50. The topological polar surface area (TPSA) is 39.7 Å². The van der Waals surface area contributed by atoms with Gasteiger partial charge in [-0.05, 0) is 57.0 Å². The molecule has 0 radical (unpaired) electrons. The molecule has 1 unspecified atom stereocenters. The zero-order valence-electron chi connectivity index (χ0n) is 13.6. The Morgan fingerprint density at radius 1 is 1.32 bits per heavy atom. The number of halogens is 1. The Balaban J connectivity index is 1.85. The molecule has 0 aliphatic carbocycles. The fourth-order valence-corrected chi connectivity index (χ4v) is 2.78. The van der Waals surface area contributed by atoms with E-state index in [0.717, 1.165) is 31.2 Å². The van der Waals surface area contributed by atoms with Crippen LogP contribution in [-0.4, -0.2) is 44.1 Å². The molecule has 1 saturated heterocycles. The summed E-state index contributed by atoms with van der Waals surface area (Å²) < 4.78 is 12.9. The Labute approximate surface area is 132 Å². The van der Waals surface area contributed by atoms with Gasteiger partial charge < -0.3 is 15.5 Å². The van der Waals surface area contributed by atoms with E-state index in [1.807, 2.05) is 0 Å². The lowest BCUT2D eigenvalue weighted by molar-refractivity contribution is 0.210. The van der Waals surface area contributed by atoms with E-state index < -0.39 is 0 Å². The monoisotopic (exact) mass is 306 g/mol. The maximum absolute atomic E-state index is 12.9. The molecule has 1 atom stereocenters. The van der Waals surface area contributed by atoms with Gasteiger partial charge in [0, 0.05) is 19.6 Å². The van der Waals surface area contributed by atoms with E-state index in [2.05, 4.69) is 34.5 Å². The second-order valence-corrected chi connectivity index (χ2v) is 5.97. The zero-order valence-corrected chi connectivity index (χ0v) is 13.6. The second-order valence-electron chi connectivity index (χ2n) is 5.97. The van der Waals surface area contributed by atoms with E-state index >= 15 is 0 Å². The first-order valence-electron chi connectivity index (χ1n) is 8.12. The predicted molar refractivity (Wildman–Crippen MR) is 89.4 cm³/mol. The molecule has 4 nitrogen and oxygen atoms in total. The molecule has 1 aliphatic heterocycles. The minimum Gasteiger partial charge on any atom is -0.357 e. The highest BCUT2D eigenvalue weighted by molar-refractivity contribution is 5.79. The second kappa shape index (κ2) is 8.73. The van der Waals surface area contributed by atoms with Crippen molar-refractivity contribution in [2.75, 3.05) is 33.2 Å². The Bertz CT molecular complexity index is 472. The van der Waals surface area contributed by atoms with E-state index in [1.165, 1.54) is 31.5 Å². The highest BCUT2D eigenvalue weighted by Crippen LogP contribution is 2.13. The number of nitrogens with zero attached hydrogens (tertiary/aromatic N) is 2. The van der Waals surface area contributed by atoms with Gasteiger partial charge in [-0.15, -0.1) is 0 Å². The first-order chi connectivity index (χ1) is 10.7. The SMILES string of the molecule is CCNC(=NCc1ccc(F)cc1)NCC1CCCN(C)C1. The Hall–Kier alpha value is -1.62. The first kappa shape index (κ1) is 16.7. The highest BCUT2D eigenvalue weighted by atomic mass is 19.1. The Kier molecular flexibility index (Phi) is 6.65. The van der Waals surface area contributed by atoms with Crippen molar-refractivity contribution in [3.05, 3.63) is 35.6 Å². The third-order valence-electron chi connectivity index (χ3n) is 3.96. The predicted octanol–water partition coefficient (Wildman–Crippen LogP) is 2.22. The van der Waals surface area contributed by atoms with E-state index in [9.17, 15) is 4.39 Å². The van der Waals surface area contributed by atoms with Gasteiger partial charge >= 0.3 is 0 Å². The molecule has 2 rings (SSSR count). The minimum atomic E-state index is -0.209. The molecule has 22 heavy (non-hydrogen) atoms. The van der Waals surface area contributed by atoms with E-state index in [0.29, 0.717) is 12.5 Å². The maximum Gasteiger partial charge on any atom is 0.191 e. The summed E-state index contributed by atoms with van der Waals surface area (Å²) in [4.78, 5) is 6.96. The van der Waals surface area contributed by atoms with Crippen molar-refractivity contribution in [3.8, 4) is 0 Å². The molecule has 122 valence electrons. The third-order valence-corrected chi connectivity index (χ3v) is 3.96. The van der Waals surface area contributed by atoms with Crippen molar-refractivity contribution in [3.63, 3.8) is 0 Å². The van der Waals surface area contributed by atoms with Gasteiger partial charge in [0.1, 0.15) is 5.82 Å². The molecule has 2 N–H and O–H groups in total. The fourth-order valence-electron chi connectivity index (χ4n) is 2.78. The molecular formula is C17H27FN4. The average Bonchev–Trinajstić information content (AvgIpc) is 2.52. The fraction of sp³-hybridized carbons (Fsp3) is 0.588. The molecule has 0 aromatic heterocycles. The number of benzene rings is 1. The summed E-state index contributed by atoms with van der Waals surface area (Å²) in [5.74, 6) is 1.30. The normalized spacial score (nSPS) is 20.0. The molecule has 1 aromatic rings. The average molecular weight is 306 g/mol. The molecule has 0 bridgehead atoms. The minimum absolute atomic E-state index is 0.209. The molecule has 1 aromatic carbocycles. The summed E-state index contributed by atoms with van der Waals surface area (Å²) in [5.41, 5.74) is 1.01. The van der Waals surface area contributed by atoms with Gasteiger partial charge in [-0.2, -0.15) is 0 Å². The van der Waals surface area contributed by atoms with Crippen LogP contribution in [0.25, 0.3) is 0 Å². The van der Waals surface area contributed by atoms with Crippen LogP contribution in [0.1, 0.15) is 25.3 Å². The molecule has 1 aliphatic rings. The molecular weight excluding hydrogens is 279 g/mol. The summed E-state index contributed by atoms with van der Waals surface area (Å²) in [5, 5.41) is 6.70. The highest BCUT2D eigenvalue weighted by Gasteiger charge is 2.17. The van der Waals surface area contributed by atoms with Gasteiger partial charge in [-0.25, -0.2) is 9.38 Å². The van der Waals surface area contributed by atoms with Crippen molar-refractivity contribution in [2.45, 2.75) is 26.3 Å². The largest absolute Gasteiger partial charge is 0.357 e. The van der Waals surface area contributed by atoms with Crippen molar-refractivity contribution >= 4 is 5.96 Å². The molecule has 5 heteroatoms. The first-order valence-corrected chi connectivity index (χ1v) is 8.12. The summed E-state index contributed by atoms with van der Waals surface area (Å²) >= 11 is 0. The van der Waals surface area contributed by atoms with Gasteiger partial charge in [0.05, 0.1) is 6.54 Å². The lowest BCUT2D eigenvalue weighted by atomic mass is 9.99. The molecule has 0 amide bonds. The van der Waals surface area contributed by atoms with Crippen molar-refractivity contribution in [1.29, 1.82) is 0 Å². The van der Waals surface area contributed by atoms with Gasteiger partial charge in [-0.1, -0.05) is 12.1 Å². The molecule has 0 saturated carbocycles. The summed E-state index contributed by atoms with van der Waals surface area (Å²) in [7, 11) is 2.18. The number of hydrogen-bond donors (Lipinski definition) is 2. The lowest BCUT2D eigenvalue weighted by Crippen LogP contribution is -2.43. The Morgan fingerprint density at radius 2 is 2.09 bits per heavy atom. The van der Waals surface area contributed by atoms with Crippen molar-refractivity contribution in [2.24, 2.45) is 10.9 Å². The standard InChI is InChI=1S/C17H27FN4/c1-3-19-17(20-11-14-6-8-16(18)9-7-14)21-12-15-5-4-10-22(2)13-15/h6-9,15H,3-5,10-13H2,1-2H3,(H2,19,20,21). The number of hydrogen-bond acceptors (Lipinski definition) is 2. The summed E-state index contributed by atoms with van der Waals surface area (Å²) in [6.07, 6.45) is 2.54. The number of likely N-dealkylation sites (tertiary alicyclic amines) is 1. The number of nitrogens with one attached hydrogen (secondary N) is 2. The van der Waals surface area contributed by atoms with Crippen LogP contribution in [0.15, 0.2) is 29.3 Å². The number of guanidine groups is 1. The van der Waals surface area contributed by atoms with Crippen LogP contribution in [-0.2, 0) is 6.54 Å². The van der Waals surface area contributed by atoms with E-state index in [1.54, 1.807) is 12.1 Å². The quantitative estimate of drug-likeness (QED) is 0.647. The summed E-state index contributed by atoms with van der Waals surface area (Å²) in [6.45, 7) is 6.74. The van der Waals surface area contributed by atoms with E-state index in [-0.39, 0.29) is 5.82 Å². The number of rotatable bonds is 5. The third kappa shape index (κ3) is 5.64. The number of aliphatic imine (C=N–C) groups is 1. The molecule has 1 fully saturated rings. The van der Waals surface area contributed by atoms with Crippen LogP contribution in [0.5, 0.6) is 0 Å². The van der Waals surface area contributed by atoms with E-state index in [4.69, 9.17) is 0 Å². The van der Waals surface area contributed by atoms with Gasteiger partial charge in [0.15, 0.2) is 5.96 Å². The maximum atomic E-state index is 12.9. The van der Waals surface area contributed by atoms with Crippen LogP contribution >= 0.6 is 0 Å². The van der Waals surface area contributed by atoms with Gasteiger partial charge in [-0.3, -0.25) is 0 Å². The zero-order chi connectivity index (χ0) is 15.8. The van der Waals surface area contributed by atoms with Gasteiger partial charge in [0.25, 0.3) is 0 Å². The van der Waals surface area contributed by atoms with Crippen molar-refractivity contribution < 1.29 is 4.39 Å². The molecule has 1 heterocycles. The van der Waals surface area contributed by atoms with Crippen LogP contribution in [0.2, 0.25) is 0 Å². The molecule has 0 spiro atoms. The van der Waals surface area contributed by atoms with Crippen LogP contribution < -0.4 is 10.6 Å². The van der Waals surface area contributed by atoms with Crippen LogP contribution in [0.4, 0.5) is 4.39 Å². The number of piperidine rings is 1. The lowest BCUT2D eigenvalue weighted by Gasteiger charge is -2.30. The van der Waals surface area contributed by atoms with Crippen molar-refractivity contribution in [1.82, 2.24) is 15.5 Å². The Morgan fingerprint density at radius 3 is 2.77 bits per heavy atom. The smallest absolute Gasteiger partial charge is 0.191 e. The van der Waals surface area contributed by atoms with Crippen LogP contribution in [0.3, 0.4) is 0 Å².